The number of para-hydroxylation sites is 1. The van der Waals surface area contributed by atoms with Gasteiger partial charge in [0.25, 0.3) is 5.91 Å². The number of amides is 1. The Hall–Kier alpha value is -2.04. The van der Waals surface area contributed by atoms with E-state index in [1.807, 2.05) is 35.2 Å². The number of carboxylic acids is 1. The van der Waals surface area contributed by atoms with Crippen molar-refractivity contribution in [3.8, 4) is 5.75 Å². The second-order valence-electron chi connectivity index (χ2n) is 5.80. The van der Waals surface area contributed by atoms with Gasteiger partial charge >= 0.3 is 5.97 Å². The summed E-state index contributed by atoms with van der Waals surface area (Å²) in [4.78, 5) is 24.9. The topological polar surface area (TPSA) is 66.8 Å². The Kier molecular flexibility index (Phi) is 5.81. The Morgan fingerprint density at radius 2 is 2.09 bits per heavy atom. The summed E-state index contributed by atoms with van der Waals surface area (Å²) in [6, 6.07) is 9.30. The summed E-state index contributed by atoms with van der Waals surface area (Å²) in [6.45, 7) is 3.12. The van der Waals surface area contributed by atoms with Crippen LogP contribution in [0.4, 0.5) is 0 Å². The van der Waals surface area contributed by atoms with Crippen LogP contribution in [0.2, 0.25) is 0 Å². The van der Waals surface area contributed by atoms with Crippen LogP contribution in [-0.4, -0.2) is 41.1 Å². The molecule has 0 radical (unpaired) electrons. The molecule has 0 unspecified atom stereocenters. The molecule has 1 fully saturated rings. The minimum Gasteiger partial charge on any atom is -0.481 e. The molecule has 0 aromatic heterocycles. The lowest BCUT2D eigenvalue weighted by atomic mass is 9.93. The van der Waals surface area contributed by atoms with Crippen molar-refractivity contribution in [3.63, 3.8) is 0 Å². The van der Waals surface area contributed by atoms with Crippen molar-refractivity contribution >= 4 is 11.9 Å². The maximum absolute atomic E-state index is 12.5. The number of carbonyl (C=O) groups is 2. The second-order valence-corrected chi connectivity index (χ2v) is 5.80. The molecule has 5 nitrogen and oxygen atoms in total. The Morgan fingerprint density at radius 3 is 2.77 bits per heavy atom. The standard InChI is InChI=1S/C17H23NO4/c1-13(22-15-7-3-2-4-8-15)17(21)18-11-5-6-14(12-18)9-10-16(19)20/h2-4,7-8,13-14H,5-6,9-12H2,1H3,(H,19,20)/t13-,14+/m1/s1. The monoisotopic (exact) mass is 305 g/mol. The van der Waals surface area contributed by atoms with Gasteiger partial charge in [0.15, 0.2) is 6.10 Å². The number of hydrogen-bond donors (Lipinski definition) is 1. The van der Waals surface area contributed by atoms with E-state index in [0.29, 0.717) is 18.7 Å². The van der Waals surface area contributed by atoms with Crippen LogP contribution < -0.4 is 4.74 Å². The van der Waals surface area contributed by atoms with E-state index >= 15 is 0 Å². The molecule has 1 aromatic rings. The van der Waals surface area contributed by atoms with Gasteiger partial charge in [-0.15, -0.1) is 0 Å². The highest BCUT2D eigenvalue weighted by Crippen LogP contribution is 2.22. The molecule has 120 valence electrons. The maximum atomic E-state index is 12.5. The number of benzene rings is 1. The van der Waals surface area contributed by atoms with E-state index in [0.717, 1.165) is 19.4 Å². The highest BCUT2D eigenvalue weighted by atomic mass is 16.5. The highest BCUT2D eigenvalue weighted by Gasteiger charge is 2.27. The van der Waals surface area contributed by atoms with Gasteiger partial charge in [0.2, 0.25) is 0 Å². The summed E-state index contributed by atoms with van der Waals surface area (Å²) >= 11 is 0. The van der Waals surface area contributed by atoms with E-state index in [-0.39, 0.29) is 18.2 Å². The van der Waals surface area contributed by atoms with Crippen molar-refractivity contribution in [2.24, 2.45) is 5.92 Å². The number of rotatable bonds is 6. The first-order chi connectivity index (χ1) is 10.6. The number of likely N-dealkylation sites (tertiary alicyclic amines) is 1. The quantitative estimate of drug-likeness (QED) is 0.877. The van der Waals surface area contributed by atoms with Crippen LogP contribution >= 0.6 is 0 Å². The smallest absolute Gasteiger partial charge is 0.303 e. The van der Waals surface area contributed by atoms with Crippen molar-refractivity contribution < 1.29 is 19.4 Å². The lowest BCUT2D eigenvalue weighted by molar-refractivity contribution is -0.140. The molecule has 1 N–H and O–H groups in total. The third-order valence-corrected chi connectivity index (χ3v) is 4.00. The predicted octanol–water partition coefficient (Wildman–Crippen LogP) is 2.56. The molecule has 22 heavy (non-hydrogen) atoms. The molecular formula is C17H23NO4. The van der Waals surface area contributed by atoms with Crippen LogP contribution in [0, 0.1) is 5.92 Å². The number of piperidine rings is 1. The van der Waals surface area contributed by atoms with Crippen molar-refractivity contribution in [2.75, 3.05) is 13.1 Å². The molecule has 1 heterocycles. The molecule has 1 aliphatic rings. The van der Waals surface area contributed by atoms with Gasteiger partial charge in [-0.1, -0.05) is 18.2 Å². The van der Waals surface area contributed by atoms with E-state index in [2.05, 4.69) is 0 Å². The van der Waals surface area contributed by atoms with Crippen LogP contribution in [-0.2, 0) is 9.59 Å². The van der Waals surface area contributed by atoms with Gasteiger partial charge in [0.05, 0.1) is 0 Å². The third kappa shape index (κ3) is 4.76. The minimum absolute atomic E-state index is 0.0242. The van der Waals surface area contributed by atoms with Crippen LogP contribution in [0.5, 0.6) is 5.75 Å². The van der Waals surface area contributed by atoms with Crippen molar-refractivity contribution in [1.82, 2.24) is 4.90 Å². The zero-order chi connectivity index (χ0) is 15.9. The molecular weight excluding hydrogens is 282 g/mol. The summed E-state index contributed by atoms with van der Waals surface area (Å²) in [5, 5.41) is 8.77. The van der Waals surface area contributed by atoms with E-state index < -0.39 is 12.1 Å². The third-order valence-electron chi connectivity index (χ3n) is 4.00. The second kappa shape index (κ2) is 7.82. The minimum atomic E-state index is -0.774. The van der Waals surface area contributed by atoms with Gasteiger partial charge in [0, 0.05) is 19.5 Å². The molecule has 0 bridgehead atoms. The SMILES string of the molecule is C[C@@H](Oc1ccccc1)C(=O)N1CCC[C@@H](CCC(=O)O)C1. The number of aliphatic carboxylic acids is 1. The molecule has 5 heteroatoms. The van der Waals surface area contributed by atoms with E-state index in [4.69, 9.17) is 9.84 Å². The average Bonchev–Trinajstić information content (AvgIpc) is 2.53. The fraction of sp³-hybridized carbons (Fsp3) is 0.529. The zero-order valence-corrected chi connectivity index (χ0v) is 12.9. The largest absolute Gasteiger partial charge is 0.481 e. The fourth-order valence-corrected chi connectivity index (χ4v) is 2.84. The van der Waals surface area contributed by atoms with Gasteiger partial charge in [-0.2, -0.15) is 0 Å². The van der Waals surface area contributed by atoms with Gasteiger partial charge in [-0.25, -0.2) is 0 Å². The number of hydrogen-bond acceptors (Lipinski definition) is 3. The lowest BCUT2D eigenvalue weighted by Gasteiger charge is -2.34. The molecule has 1 saturated heterocycles. The van der Waals surface area contributed by atoms with E-state index in [1.54, 1.807) is 6.92 Å². The summed E-state index contributed by atoms with van der Waals surface area (Å²) in [6.07, 6.45) is 2.19. The molecule has 2 atom stereocenters. The van der Waals surface area contributed by atoms with Crippen molar-refractivity contribution in [3.05, 3.63) is 30.3 Å². The van der Waals surface area contributed by atoms with Crippen LogP contribution in [0.3, 0.4) is 0 Å². The highest BCUT2D eigenvalue weighted by molar-refractivity contribution is 5.81. The number of carbonyl (C=O) groups excluding carboxylic acids is 1. The Morgan fingerprint density at radius 1 is 1.36 bits per heavy atom. The number of carboxylic acid groups (broad SMARTS) is 1. The fourth-order valence-electron chi connectivity index (χ4n) is 2.84. The van der Waals surface area contributed by atoms with Crippen LogP contribution in [0.1, 0.15) is 32.6 Å². The summed E-state index contributed by atoms with van der Waals surface area (Å²) < 4.78 is 5.68. The van der Waals surface area contributed by atoms with Crippen LogP contribution in [0.15, 0.2) is 30.3 Å². The van der Waals surface area contributed by atoms with E-state index in [1.165, 1.54) is 0 Å². The molecule has 0 saturated carbocycles. The van der Waals surface area contributed by atoms with Crippen LogP contribution in [0.25, 0.3) is 0 Å². The van der Waals surface area contributed by atoms with Crippen molar-refractivity contribution in [1.29, 1.82) is 0 Å². The first kappa shape index (κ1) is 16.3. The maximum Gasteiger partial charge on any atom is 0.303 e. The molecule has 1 amide bonds. The van der Waals surface area contributed by atoms with Gasteiger partial charge in [0.1, 0.15) is 5.75 Å². The first-order valence-electron chi connectivity index (χ1n) is 7.78. The Bertz CT molecular complexity index is 503. The summed E-state index contributed by atoms with van der Waals surface area (Å²) in [5.74, 6) is 0.161. The molecule has 0 spiro atoms. The number of ether oxygens (including phenoxy) is 1. The van der Waals surface area contributed by atoms with Crippen molar-refractivity contribution in [2.45, 2.75) is 38.7 Å². The normalized spacial score (nSPS) is 19.5. The lowest BCUT2D eigenvalue weighted by Crippen LogP contribution is -2.45. The summed E-state index contributed by atoms with van der Waals surface area (Å²) in [5.41, 5.74) is 0. The zero-order valence-electron chi connectivity index (χ0n) is 12.9. The van der Waals surface area contributed by atoms with E-state index in [9.17, 15) is 9.59 Å². The average molecular weight is 305 g/mol. The van der Waals surface area contributed by atoms with Gasteiger partial charge < -0.3 is 14.7 Å². The molecule has 1 aromatic carbocycles. The van der Waals surface area contributed by atoms with Gasteiger partial charge in [-0.3, -0.25) is 9.59 Å². The first-order valence-corrected chi connectivity index (χ1v) is 7.78. The predicted molar refractivity (Wildman–Crippen MR) is 82.7 cm³/mol. The Balaban J connectivity index is 1.86. The molecule has 0 aliphatic carbocycles. The number of nitrogens with zero attached hydrogens (tertiary/aromatic N) is 1. The summed E-state index contributed by atoms with van der Waals surface area (Å²) in [7, 11) is 0. The van der Waals surface area contributed by atoms with Gasteiger partial charge in [-0.05, 0) is 44.2 Å². The Labute approximate surface area is 130 Å². The molecule has 2 rings (SSSR count). The molecule has 1 aliphatic heterocycles.